The number of hydrogen-bond acceptors (Lipinski definition) is 2. The zero-order chi connectivity index (χ0) is 12.5. The molecule has 2 heteroatoms. The summed E-state index contributed by atoms with van der Waals surface area (Å²) in [5, 5.41) is 3.48. The molecule has 96 valence electrons. The number of hydrogen-bond donors (Lipinski definition) is 1. The van der Waals surface area contributed by atoms with Gasteiger partial charge in [-0.05, 0) is 39.2 Å². The Morgan fingerprint density at radius 3 is 2.88 bits per heavy atom. The molecule has 0 heterocycles. The van der Waals surface area contributed by atoms with E-state index < -0.39 is 0 Å². The first kappa shape index (κ1) is 14.2. The van der Waals surface area contributed by atoms with Crippen LogP contribution in [0.25, 0.3) is 0 Å². The molecule has 17 heavy (non-hydrogen) atoms. The highest BCUT2D eigenvalue weighted by molar-refractivity contribution is 5.22. The van der Waals surface area contributed by atoms with E-state index in [2.05, 4.69) is 43.4 Å². The normalized spacial score (nSPS) is 12.6. The molecule has 0 radical (unpaired) electrons. The molecule has 1 unspecified atom stereocenters. The second kappa shape index (κ2) is 8.26. The minimum atomic E-state index is 0.552. The first-order valence-electron chi connectivity index (χ1n) is 6.59. The SMILES string of the molecule is CCOCCNC(C)CCc1cccc(C)c1. The fraction of sp³-hybridized carbons (Fsp3) is 0.600. The van der Waals surface area contributed by atoms with Crippen molar-refractivity contribution in [3.8, 4) is 0 Å². The summed E-state index contributed by atoms with van der Waals surface area (Å²) >= 11 is 0. The maximum absolute atomic E-state index is 5.30. The summed E-state index contributed by atoms with van der Waals surface area (Å²) in [7, 11) is 0. The largest absolute Gasteiger partial charge is 0.380 e. The lowest BCUT2D eigenvalue weighted by Gasteiger charge is -2.13. The molecule has 0 saturated heterocycles. The molecule has 0 amide bonds. The highest BCUT2D eigenvalue weighted by atomic mass is 16.5. The molecule has 2 nitrogen and oxygen atoms in total. The van der Waals surface area contributed by atoms with E-state index in [0.717, 1.165) is 26.2 Å². The standard InChI is InChI=1S/C15H25NO/c1-4-17-11-10-16-14(3)8-9-15-7-5-6-13(2)12-15/h5-7,12,14,16H,4,8-11H2,1-3H3. The van der Waals surface area contributed by atoms with Gasteiger partial charge in [-0.25, -0.2) is 0 Å². The molecule has 0 spiro atoms. The topological polar surface area (TPSA) is 21.3 Å². The van der Waals surface area contributed by atoms with E-state index in [-0.39, 0.29) is 0 Å². The Morgan fingerprint density at radius 1 is 1.35 bits per heavy atom. The van der Waals surface area contributed by atoms with Crippen LogP contribution in [0.2, 0.25) is 0 Å². The summed E-state index contributed by atoms with van der Waals surface area (Å²) in [4.78, 5) is 0. The van der Waals surface area contributed by atoms with Crippen LogP contribution in [0.3, 0.4) is 0 Å². The lowest BCUT2D eigenvalue weighted by Crippen LogP contribution is -2.29. The molecule has 0 aliphatic heterocycles. The number of rotatable bonds is 8. The van der Waals surface area contributed by atoms with Gasteiger partial charge >= 0.3 is 0 Å². The van der Waals surface area contributed by atoms with E-state index in [4.69, 9.17) is 4.74 Å². The highest BCUT2D eigenvalue weighted by Crippen LogP contribution is 2.07. The monoisotopic (exact) mass is 235 g/mol. The van der Waals surface area contributed by atoms with Crippen LogP contribution in [-0.4, -0.2) is 25.8 Å². The zero-order valence-corrected chi connectivity index (χ0v) is 11.3. The van der Waals surface area contributed by atoms with Gasteiger partial charge in [0.2, 0.25) is 0 Å². The highest BCUT2D eigenvalue weighted by Gasteiger charge is 2.01. The third-order valence-electron chi connectivity index (χ3n) is 2.89. The van der Waals surface area contributed by atoms with Crippen molar-refractivity contribution in [3.63, 3.8) is 0 Å². The van der Waals surface area contributed by atoms with Crippen molar-refractivity contribution in [1.82, 2.24) is 5.32 Å². The van der Waals surface area contributed by atoms with Crippen LogP contribution in [0.15, 0.2) is 24.3 Å². The molecule has 0 aliphatic rings. The molecule has 1 atom stereocenters. The van der Waals surface area contributed by atoms with E-state index in [1.807, 2.05) is 6.92 Å². The van der Waals surface area contributed by atoms with E-state index in [0.29, 0.717) is 6.04 Å². The number of aryl methyl sites for hydroxylation is 2. The smallest absolute Gasteiger partial charge is 0.0590 e. The number of ether oxygens (including phenoxy) is 1. The fourth-order valence-corrected chi connectivity index (χ4v) is 1.87. The van der Waals surface area contributed by atoms with Crippen molar-refractivity contribution in [1.29, 1.82) is 0 Å². The lowest BCUT2D eigenvalue weighted by atomic mass is 10.0. The molecular weight excluding hydrogens is 210 g/mol. The van der Waals surface area contributed by atoms with Gasteiger partial charge in [0, 0.05) is 19.2 Å². The van der Waals surface area contributed by atoms with Gasteiger partial charge in [-0.3, -0.25) is 0 Å². The van der Waals surface area contributed by atoms with Crippen LogP contribution < -0.4 is 5.32 Å². The predicted octanol–water partition coefficient (Wildman–Crippen LogP) is 2.94. The average molecular weight is 235 g/mol. The first-order chi connectivity index (χ1) is 8.22. The van der Waals surface area contributed by atoms with Crippen molar-refractivity contribution in [3.05, 3.63) is 35.4 Å². The number of nitrogens with one attached hydrogen (secondary N) is 1. The van der Waals surface area contributed by atoms with Gasteiger partial charge in [-0.2, -0.15) is 0 Å². The van der Waals surface area contributed by atoms with Crippen LogP contribution in [0.4, 0.5) is 0 Å². The van der Waals surface area contributed by atoms with Crippen LogP contribution in [0.1, 0.15) is 31.4 Å². The van der Waals surface area contributed by atoms with Gasteiger partial charge in [-0.1, -0.05) is 29.8 Å². The molecule has 0 aliphatic carbocycles. The van der Waals surface area contributed by atoms with Crippen molar-refractivity contribution < 1.29 is 4.74 Å². The fourth-order valence-electron chi connectivity index (χ4n) is 1.87. The van der Waals surface area contributed by atoms with Crippen LogP contribution >= 0.6 is 0 Å². The molecule has 1 aromatic rings. The van der Waals surface area contributed by atoms with E-state index >= 15 is 0 Å². The minimum absolute atomic E-state index is 0.552. The quantitative estimate of drug-likeness (QED) is 0.700. The molecule has 0 aromatic heterocycles. The summed E-state index contributed by atoms with van der Waals surface area (Å²) < 4.78 is 5.30. The van der Waals surface area contributed by atoms with Crippen molar-refractivity contribution in [2.75, 3.05) is 19.8 Å². The Hall–Kier alpha value is -0.860. The minimum Gasteiger partial charge on any atom is -0.380 e. The van der Waals surface area contributed by atoms with Crippen molar-refractivity contribution >= 4 is 0 Å². The predicted molar refractivity (Wildman–Crippen MR) is 73.5 cm³/mol. The number of benzene rings is 1. The van der Waals surface area contributed by atoms with Crippen molar-refractivity contribution in [2.24, 2.45) is 0 Å². The van der Waals surface area contributed by atoms with E-state index in [9.17, 15) is 0 Å². The Labute approximate surface area is 105 Å². The summed E-state index contributed by atoms with van der Waals surface area (Å²) in [6.07, 6.45) is 2.32. The Morgan fingerprint density at radius 2 is 2.18 bits per heavy atom. The molecule has 1 N–H and O–H groups in total. The summed E-state index contributed by atoms with van der Waals surface area (Å²) in [5.41, 5.74) is 2.78. The van der Waals surface area contributed by atoms with E-state index in [1.54, 1.807) is 0 Å². The summed E-state index contributed by atoms with van der Waals surface area (Å²) in [5.74, 6) is 0. The molecule has 0 bridgehead atoms. The van der Waals surface area contributed by atoms with Gasteiger partial charge in [-0.15, -0.1) is 0 Å². The lowest BCUT2D eigenvalue weighted by molar-refractivity contribution is 0.147. The Bertz CT molecular complexity index is 312. The second-order valence-corrected chi connectivity index (χ2v) is 4.58. The van der Waals surface area contributed by atoms with Gasteiger partial charge in [0.05, 0.1) is 6.61 Å². The maximum atomic E-state index is 5.30. The summed E-state index contributed by atoms with van der Waals surface area (Å²) in [6.45, 7) is 8.98. The molecule has 1 rings (SSSR count). The first-order valence-corrected chi connectivity index (χ1v) is 6.59. The molecule has 1 aromatic carbocycles. The van der Waals surface area contributed by atoms with Gasteiger partial charge in [0.25, 0.3) is 0 Å². The second-order valence-electron chi connectivity index (χ2n) is 4.58. The zero-order valence-electron chi connectivity index (χ0n) is 11.3. The maximum Gasteiger partial charge on any atom is 0.0590 e. The Kier molecular flexibility index (Phi) is 6.90. The third-order valence-corrected chi connectivity index (χ3v) is 2.89. The van der Waals surface area contributed by atoms with Crippen molar-refractivity contribution in [2.45, 2.75) is 39.7 Å². The van der Waals surface area contributed by atoms with Crippen LogP contribution in [0, 0.1) is 6.92 Å². The van der Waals surface area contributed by atoms with E-state index in [1.165, 1.54) is 17.5 Å². The molecular formula is C15H25NO. The average Bonchev–Trinajstić information content (AvgIpc) is 2.32. The van der Waals surface area contributed by atoms with Gasteiger partial charge in [0.15, 0.2) is 0 Å². The van der Waals surface area contributed by atoms with Crippen LogP contribution in [-0.2, 0) is 11.2 Å². The molecule has 0 saturated carbocycles. The third kappa shape index (κ3) is 6.44. The van der Waals surface area contributed by atoms with Gasteiger partial charge < -0.3 is 10.1 Å². The summed E-state index contributed by atoms with van der Waals surface area (Å²) in [6, 6.07) is 9.31. The van der Waals surface area contributed by atoms with Gasteiger partial charge in [0.1, 0.15) is 0 Å². The van der Waals surface area contributed by atoms with Crippen LogP contribution in [0.5, 0.6) is 0 Å². The molecule has 0 fully saturated rings. The Balaban J connectivity index is 2.17.